The van der Waals surface area contributed by atoms with Crippen molar-refractivity contribution in [3.63, 3.8) is 0 Å². The fraction of sp³-hybridized carbons (Fsp3) is 0.300. The number of hydrogen-bond acceptors (Lipinski definition) is 2. The van der Waals surface area contributed by atoms with E-state index in [1.54, 1.807) is 0 Å². The zero-order valence-corrected chi connectivity index (χ0v) is 14.0. The summed E-state index contributed by atoms with van der Waals surface area (Å²) >= 11 is 0. The monoisotopic (exact) mass is 308 g/mol. The summed E-state index contributed by atoms with van der Waals surface area (Å²) in [4.78, 5) is 3.26. The quantitative estimate of drug-likeness (QED) is 0.686. The molecular formula is C20H24N2O. The SMILES string of the molecule is CC(C)Oc1ccc(C(C)NCc2cccc3[nH]ccc23)cc1. The van der Waals surface area contributed by atoms with Gasteiger partial charge in [-0.1, -0.05) is 24.3 Å². The number of aromatic amines is 1. The van der Waals surface area contributed by atoms with Crippen molar-refractivity contribution in [2.45, 2.75) is 39.5 Å². The van der Waals surface area contributed by atoms with Crippen LogP contribution in [0.2, 0.25) is 0 Å². The van der Waals surface area contributed by atoms with Gasteiger partial charge in [-0.2, -0.15) is 0 Å². The minimum Gasteiger partial charge on any atom is -0.491 e. The molecule has 2 aromatic carbocycles. The zero-order chi connectivity index (χ0) is 16.2. The summed E-state index contributed by atoms with van der Waals surface area (Å²) < 4.78 is 5.69. The van der Waals surface area contributed by atoms with Gasteiger partial charge in [0.1, 0.15) is 5.75 Å². The molecular weight excluding hydrogens is 284 g/mol. The smallest absolute Gasteiger partial charge is 0.119 e. The molecule has 0 aliphatic carbocycles. The maximum Gasteiger partial charge on any atom is 0.119 e. The predicted octanol–water partition coefficient (Wildman–Crippen LogP) is 4.81. The van der Waals surface area contributed by atoms with E-state index in [1.165, 1.54) is 22.0 Å². The van der Waals surface area contributed by atoms with Gasteiger partial charge in [0.2, 0.25) is 0 Å². The first-order valence-electron chi connectivity index (χ1n) is 8.18. The predicted molar refractivity (Wildman–Crippen MR) is 95.8 cm³/mol. The van der Waals surface area contributed by atoms with E-state index in [0.717, 1.165) is 12.3 Å². The number of nitrogens with one attached hydrogen (secondary N) is 2. The van der Waals surface area contributed by atoms with Crippen molar-refractivity contribution in [2.75, 3.05) is 0 Å². The first-order valence-corrected chi connectivity index (χ1v) is 8.18. The topological polar surface area (TPSA) is 37.0 Å². The average Bonchev–Trinajstić information content (AvgIpc) is 3.02. The van der Waals surface area contributed by atoms with E-state index >= 15 is 0 Å². The molecule has 0 spiro atoms. The first kappa shape index (κ1) is 15.6. The van der Waals surface area contributed by atoms with Gasteiger partial charge in [-0.25, -0.2) is 0 Å². The van der Waals surface area contributed by atoms with Gasteiger partial charge in [0.15, 0.2) is 0 Å². The van der Waals surface area contributed by atoms with Crippen molar-refractivity contribution in [1.29, 1.82) is 0 Å². The molecule has 0 bridgehead atoms. The number of fused-ring (bicyclic) bond motifs is 1. The fourth-order valence-electron chi connectivity index (χ4n) is 2.79. The average molecular weight is 308 g/mol. The zero-order valence-electron chi connectivity index (χ0n) is 14.0. The van der Waals surface area contributed by atoms with E-state index in [2.05, 4.69) is 53.6 Å². The minimum absolute atomic E-state index is 0.207. The van der Waals surface area contributed by atoms with Gasteiger partial charge >= 0.3 is 0 Å². The summed E-state index contributed by atoms with van der Waals surface area (Å²) in [5.41, 5.74) is 3.77. The summed E-state index contributed by atoms with van der Waals surface area (Å²) in [7, 11) is 0. The Kier molecular flexibility index (Phi) is 4.68. The van der Waals surface area contributed by atoms with Gasteiger partial charge in [0, 0.05) is 29.7 Å². The summed E-state index contributed by atoms with van der Waals surface area (Å²) in [6.45, 7) is 7.12. The lowest BCUT2D eigenvalue weighted by molar-refractivity contribution is 0.242. The molecule has 0 saturated heterocycles. The molecule has 2 N–H and O–H groups in total. The Bertz CT molecular complexity index is 759. The maximum absolute atomic E-state index is 5.69. The van der Waals surface area contributed by atoms with E-state index in [4.69, 9.17) is 4.74 Å². The van der Waals surface area contributed by atoms with Crippen molar-refractivity contribution in [3.8, 4) is 5.75 Å². The van der Waals surface area contributed by atoms with Crippen molar-refractivity contribution in [1.82, 2.24) is 10.3 Å². The highest BCUT2D eigenvalue weighted by Gasteiger charge is 2.07. The van der Waals surface area contributed by atoms with Gasteiger partial charge in [0.05, 0.1) is 6.10 Å². The van der Waals surface area contributed by atoms with Crippen molar-refractivity contribution < 1.29 is 4.74 Å². The Morgan fingerprint density at radius 2 is 1.78 bits per heavy atom. The Labute approximate surface area is 137 Å². The molecule has 120 valence electrons. The van der Waals surface area contributed by atoms with Gasteiger partial charge in [-0.15, -0.1) is 0 Å². The summed E-state index contributed by atoms with van der Waals surface area (Å²) in [6, 6.07) is 17.1. The number of rotatable bonds is 6. The number of ether oxygens (including phenoxy) is 1. The Hall–Kier alpha value is -2.26. The molecule has 0 aliphatic heterocycles. The third-order valence-corrected chi connectivity index (χ3v) is 4.04. The molecule has 0 aliphatic rings. The van der Waals surface area contributed by atoms with E-state index in [0.29, 0.717) is 0 Å². The van der Waals surface area contributed by atoms with Crippen LogP contribution < -0.4 is 10.1 Å². The Morgan fingerprint density at radius 1 is 1.00 bits per heavy atom. The molecule has 0 radical (unpaired) electrons. The highest BCUT2D eigenvalue weighted by Crippen LogP contribution is 2.21. The lowest BCUT2D eigenvalue weighted by Crippen LogP contribution is -2.18. The fourth-order valence-corrected chi connectivity index (χ4v) is 2.79. The molecule has 3 rings (SSSR count). The van der Waals surface area contributed by atoms with Gasteiger partial charge in [-0.3, -0.25) is 0 Å². The van der Waals surface area contributed by atoms with E-state index in [-0.39, 0.29) is 12.1 Å². The van der Waals surface area contributed by atoms with Crippen LogP contribution in [0.3, 0.4) is 0 Å². The van der Waals surface area contributed by atoms with Crippen LogP contribution in [-0.2, 0) is 6.54 Å². The highest BCUT2D eigenvalue weighted by atomic mass is 16.5. The van der Waals surface area contributed by atoms with Crippen LogP contribution in [-0.4, -0.2) is 11.1 Å². The lowest BCUT2D eigenvalue weighted by Gasteiger charge is -2.16. The van der Waals surface area contributed by atoms with Crippen molar-refractivity contribution in [2.24, 2.45) is 0 Å². The summed E-state index contributed by atoms with van der Waals surface area (Å²) in [6.07, 6.45) is 2.20. The molecule has 0 amide bonds. The van der Waals surface area contributed by atoms with Crippen LogP contribution in [0, 0.1) is 0 Å². The molecule has 1 aromatic heterocycles. The summed E-state index contributed by atoms with van der Waals surface area (Å²) in [5.74, 6) is 0.924. The lowest BCUT2D eigenvalue weighted by atomic mass is 10.1. The van der Waals surface area contributed by atoms with Gasteiger partial charge in [-0.05, 0) is 56.2 Å². The second kappa shape index (κ2) is 6.88. The Balaban J connectivity index is 1.65. The van der Waals surface area contributed by atoms with Crippen LogP contribution in [0.25, 0.3) is 10.9 Å². The second-order valence-corrected chi connectivity index (χ2v) is 6.19. The minimum atomic E-state index is 0.207. The molecule has 1 atom stereocenters. The second-order valence-electron chi connectivity index (χ2n) is 6.19. The molecule has 1 heterocycles. The standard InChI is InChI=1S/C20H24N2O/c1-14(2)23-18-9-7-16(8-10-18)15(3)22-13-17-5-4-6-20-19(17)11-12-21-20/h4-12,14-15,21-22H,13H2,1-3H3. The van der Waals surface area contributed by atoms with E-state index in [1.807, 2.05) is 32.2 Å². The molecule has 1 unspecified atom stereocenters. The number of hydrogen-bond donors (Lipinski definition) is 2. The van der Waals surface area contributed by atoms with Crippen molar-refractivity contribution >= 4 is 10.9 Å². The third kappa shape index (κ3) is 3.74. The number of benzene rings is 2. The molecule has 3 aromatic rings. The van der Waals surface area contributed by atoms with Crippen LogP contribution in [0.15, 0.2) is 54.7 Å². The number of aromatic nitrogens is 1. The molecule has 3 heteroatoms. The van der Waals surface area contributed by atoms with Crippen LogP contribution in [0.4, 0.5) is 0 Å². The summed E-state index contributed by atoms with van der Waals surface area (Å²) in [5, 5.41) is 4.89. The third-order valence-electron chi connectivity index (χ3n) is 4.04. The molecule has 23 heavy (non-hydrogen) atoms. The van der Waals surface area contributed by atoms with Gasteiger partial charge < -0.3 is 15.0 Å². The van der Waals surface area contributed by atoms with Crippen LogP contribution in [0.1, 0.15) is 37.9 Å². The van der Waals surface area contributed by atoms with Gasteiger partial charge in [0.25, 0.3) is 0 Å². The largest absolute Gasteiger partial charge is 0.491 e. The van der Waals surface area contributed by atoms with Crippen LogP contribution >= 0.6 is 0 Å². The van der Waals surface area contributed by atoms with E-state index in [9.17, 15) is 0 Å². The van der Waals surface area contributed by atoms with Crippen molar-refractivity contribution in [3.05, 3.63) is 65.9 Å². The number of H-pyrrole nitrogens is 1. The molecule has 3 nitrogen and oxygen atoms in total. The van der Waals surface area contributed by atoms with Crippen LogP contribution in [0.5, 0.6) is 5.75 Å². The maximum atomic E-state index is 5.69. The first-order chi connectivity index (χ1) is 11.1. The molecule has 0 fully saturated rings. The highest BCUT2D eigenvalue weighted by molar-refractivity contribution is 5.82. The molecule has 0 saturated carbocycles. The van der Waals surface area contributed by atoms with E-state index < -0.39 is 0 Å². The normalized spacial score (nSPS) is 12.7. The Morgan fingerprint density at radius 3 is 2.52 bits per heavy atom.